The second-order valence-electron chi connectivity index (χ2n) is 10.0. The van der Waals surface area contributed by atoms with Gasteiger partial charge in [-0.3, -0.25) is 9.36 Å². The SMILES string of the molecule is COC[C@H]1C=Cc2nnc(-c3cccc(NC(=O)c4cc(-n5cnc(C(C)(C)C)c5)c(C)cc4F)n3)n21. The van der Waals surface area contributed by atoms with Crippen molar-refractivity contribution in [3.8, 4) is 17.2 Å². The van der Waals surface area contributed by atoms with E-state index in [-0.39, 0.29) is 22.8 Å². The van der Waals surface area contributed by atoms with Crippen LogP contribution in [0.2, 0.25) is 0 Å². The van der Waals surface area contributed by atoms with Gasteiger partial charge in [0.2, 0.25) is 0 Å². The number of aromatic nitrogens is 6. The number of fused-ring (bicyclic) bond motifs is 1. The number of imidazole rings is 1. The third-order valence-electron chi connectivity index (χ3n) is 6.24. The molecule has 1 aliphatic rings. The van der Waals surface area contributed by atoms with E-state index < -0.39 is 11.7 Å². The molecule has 4 aromatic rings. The Bertz CT molecular complexity index is 1510. The Hall–Kier alpha value is -4.18. The fourth-order valence-electron chi connectivity index (χ4n) is 4.27. The number of halogens is 1. The lowest BCUT2D eigenvalue weighted by molar-refractivity contribution is 0.102. The second-order valence-corrected chi connectivity index (χ2v) is 10.0. The van der Waals surface area contributed by atoms with Gasteiger partial charge >= 0.3 is 0 Å². The highest BCUT2D eigenvalue weighted by molar-refractivity contribution is 6.04. The Kier molecular flexibility index (Phi) is 6.20. The minimum atomic E-state index is -0.616. The number of nitrogens with one attached hydrogen (secondary N) is 1. The van der Waals surface area contributed by atoms with Crippen LogP contribution in [-0.4, -0.2) is 48.9 Å². The van der Waals surface area contributed by atoms with Crippen molar-refractivity contribution in [1.82, 2.24) is 29.3 Å². The monoisotopic (exact) mass is 501 g/mol. The Labute approximate surface area is 214 Å². The van der Waals surface area contributed by atoms with E-state index in [0.29, 0.717) is 35.2 Å². The molecule has 0 saturated heterocycles. The Morgan fingerprint density at radius 1 is 1.22 bits per heavy atom. The fraction of sp³-hybridized carbons (Fsp3) is 0.296. The molecule has 1 aromatic carbocycles. The highest BCUT2D eigenvalue weighted by Crippen LogP contribution is 2.29. The summed E-state index contributed by atoms with van der Waals surface area (Å²) in [5.74, 6) is 0.307. The summed E-state index contributed by atoms with van der Waals surface area (Å²) in [4.78, 5) is 22.2. The third kappa shape index (κ3) is 4.67. The molecule has 190 valence electrons. The molecule has 5 rings (SSSR count). The molecule has 1 atom stereocenters. The highest BCUT2D eigenvalue weighted by atomic mass is 19.1. The van der Waals surface area contributed by atoms with E-state index in [2.05, 4.69) is 46.3 Å². The van der Waals surface area contributed by atoms with Crippen LogP contribution in [0.25, 0.3) is 23.3 Å². The number of hydrogen-bond acceptors (Lipinski definition) is 6. The molecule has 0 aliphatic carbocycles. The standard InChI is InChI=1S/C27H28FN7O2/c1-16-11-19(28)18(12-21(16)34-13-22(29-15-34)27(2,3)4)26(36)31-23-8-6-7-20(30-23)25-33-32-24-10-9-17(14-37-5)35(24)25/h6-13,15,17H,14H2,1-5H3,(H,30,31,36)/t17-/m1/s1. The van der Waals surface area contributed by atoms with Crippen LogP contribution < -0.4 is 5.32 Å². The maximum absolute atomic E-state index is 14.9. The van der Waals surface area contributed by atoms with E-state index >= 15 is 0 Å². The van der Waals surface area contributed by atoms with Gasteiger partial charge in [-0.25, -0.2) is 14.4 Å². The minimum absolute atomic E-state index is 0.0490. The zero-order valence-corrected chi connectivity index (χ0v) is 21.4. The number of pyridine rings is 1. The first-order valence-electron chi connectivity index (χ1n) is 11.9. The number of amides is 1. The first-order valence-corrected chi connectivity index (χ1v) is 11.9. The van der Waals surface area contributed by atoms with Crippen LogP contribution in [0.4, 0.5) is 10.2 Å². The number of carbonyl (C=O) groups is 1. The minimum Gasteiger partial charge on any atom is -0.382 e. The van der Waals surface area contributed by atoms with Gasteiger partial charge < -0.3 is 14.6 Å². The number of carbonyl (C=O) groups excluding carboxylic acids is 1. The zero-order chi connectivity index (χ0) is 26.3. The molecule has 1 amide bonds. The molecule has 1 N–H and O–H groups in total. The van der Waals surface area contributed by atoms with Crippen molar-refractivity contribution in [3.05, 3.63) is 77.4 Å². The molecule has 1 aliphatic heterocycles. The first-order chi connectivity index (χ1) is 17.7. The summed E-state index contributed by atoms with van der Waals surface area (Å²) >= 11 is 0. The van der Waals surface area contributed by atoms with Crippen LogP contribution in [0, 0.1) is 12.7 Å². The Morgan fingerprint density at radius 3 is 2.76 bits per heavy atom. The van der Waals surface area contributed by atoms with Crippen molar-refractivity contribution in [3.63, 3.8) is 0 Å². The van der Waals surface area contributed by atoms with Crippen LogP contribution in [0.3, 0.4) is 0 Å². The van der Waals surface area contributed by atoms with Crippen molar-refractivity contribution in [2.45, 2.75) is 39.2 Å². The maximum atomic E-state index is 14.9. The molecule has 0 fully saturated rings. The zero-order valence-electron chi connectivity index (χ0n) is 21.4. The molecule has 0 saturated carbocycles. The molecule has 9 nitrogen and oxygen atoms in total. The predicted octanol–water partition coefficient (Wildman–Crippen LogP) is 4.74. The van der Waals surface area contributed by atoms with E-state index in [0.717, 1.165) is 5.69 Å². The summed E-state index contributed by atoms with van der Waals surface area (Å²) in [7, 11) is 1.64. The van der Waals surface area contributed by atoms with Gasteiger partial charge in [0.05, 0.1) is 35.9 Å². The van der Waals surface area contributed by atoms with Gasteiger partial charge in [0.1, 0.15) is 17.3 Å². The number of nitrogens with zero attached hydrogens (tertiary/aromatic N) is 6. The molecule has 37 heavy (non-hydrogen) atoms. The number of benzene rings is 1. The van der Waals surface area contributed by atoms with Gasteiger partial charge in [-0.2, -0.15) is 0 Å². The lowest BCUT2D eigenvalue weighted by Crippen LogP contribution is -2.16. The van der Waals surface area contributed by atoms with E-state index in [1.807, 2.05) is 22.9 Å². The van der Waals surface area contributed by atoms with E-state index in [1.54, 1.807) is 43.1 Å². The lowest BCUT2D eigenvalue weighted by atomic mass is 9.93. The van der Waals surface area contributed by atoms with Crippen LogP contribution in [0.5, 0.6) is 0 Å². The van der Waals surface area contributed by atoms with Crippen LogP contribution in [0.1, 0.15) is 54.3 Å². The number of anilines is 1. The number of ether oxygens (including phenoxy) is 1. The molecular weight excluding hydrogens is 473 g/mol. The highest BCUT2D eigenvalue weighted by Gasteiger charge is 2.24. The summed E-state index contributed by atoms with van der Waals surface area (Å²) in [6, 6.07) is 8.02. The first kappa shape index (κ1) is 24.5. The normalized spacial score (nSPS) is 14.7. The molecule has 4 heterocycles. The maximum Gasteiger partial charge on any atom is 0.259 e. The molecule has 0 spiro atoms. The summed E-state index contributed by atoms with van der Waals surface area (Å²) in [5.41, 5.74) is 2.55. The summed E-state index contributed by atoms with van der Waals surface area (Å²) in [6.07, 6.45) is 7.45. The van der Waals surface area contributed by atoms with Gasteiger partial charge in [0.15, 0.2) is 11.6 Å². The van der Waals surface area contributed by atoms with Crippen molar-refractivity contribution in [1.29, 1.82) is 0 Å². The smallest absolute Gasteiger partial charge is 0.259 e. The average molecular weight is 502 g/mol. The topological polar surface area (TPSA) is 99.8 Å². The van der Waals surface area contributed by atoms with E-state index in [4.69, 9.17) is 4.74 Å². The van der Waals surface area contributed by atoms with Gasteiger partial charge in [0, 0.05) is 18.7 Å². The van der Waals surface area contributed by atoms with Crippen LogP contribution in [-0.2, 0) is 10.2 Å². The molecule has 0 unspecified atom stereocenters. The largest absolute Gasteiger partial charge is 0.382 e. The lowest BCUT2D eigenvalue weighted by Gasteiger charge is -2.15. The summed E-state index contributed by atoms with van der Waals surface area (Å²) < 4.78 is 24.0. The van der Waals surface area contributed by atoms with Gasteiger partial charge in [-0.05, 0) is 42.8 Å². The van der Waals surface area contributed by atoms with Gasteiger partial charge in [0.25, 0.3) is 5.91 Å². The number of rotatable bonds is 6. The van der Waals surface area contributed by atoms with Crippen LogP contribution >= 0.6 is 0 Å². The molecule has 0 radical (unpaired) electrons. The molecule has 3 aromatic heterocycles. The van der Waals surface area contributed by atoms with Crippen molar-refractivity contribution >= 4 is 17.8 Å². The number of hydrogen-bond donors (Lipinski definition) is 1. The van der Waals surface area contributed by atoms with E-state index in [1.165, 1.54) is 12.1 Å². The number of methoxy groups -OCH3 is 1. The number of aryl methyl sites for hydroxylation is 1. The molecular formula is C27H28FN7O2. The Balaban J connectivity index is 1.42. The van der Waals surface area contributed by atoms with Crippen LogP contribution in [0.15, 0.2) is 48.9 Å². The van der Waals surface area contributed by atoms with Gasteiger partial charge in [-0.1, -0.05) is 32.9 Å². The van der Waals surface area contributed by atoms with Crippen molar-refractivity contribution in [2.24, 2.45) is 0 Å². The average Bonchev–Trinajstić information content (AvgIpc) is 3.57. The quantitative estimate of drug-likeness (QED) is 0.410. The van der Waals surface area contributed by atoms with Crippen molar-refractivity contribution in [2.75, 3.05) is 19.0 Å². The third-order valence-corrected chi connectivity index (χ3v) is 6.24. The van der Waals surface area contributed by atoms with E-state index in [9.17, 15) is 9.18 Å². The fourth-order valence-corrected chi connectivity index (χ4v) is 4.27. The summed E-state index contributed by atoms with van der Waals surface area (Å²) in [6.45, 7) is 8.47. The predicted molar refractivity (Wildman–Crippen MR) is 138 cm³/mol. The molecule has 0 bridgehead atoms. The second kappa shape index (κ2) is 9.36. The van der Waals surface area contributed by atoms with Crippen molar-refractivity contribution < 1.29 is 13.9 Å². The Morgan fingerprint density at radius 2 is 2.03 bits per heavy atom. The summed E-state index contributed by atoms with van der Waals surface area (Å²) in [5, 5.41) is 11.2. The molecule has 10 heteroatoms. The van der Waals surface area contributed by atoms with Gasteiger partial charge in [-0.15, -0.1) is 10.2 Å².